The van der Waals surface area contributed by atoms with Crippen LogP contribution < -0.4 is 20.9 Å². The summed E-state index contributed by atoms with van der Waals surface area (Å²) in [7, 11) is 0. The summed E-state index contributed by atoms with van der Waals surface area (Å²) in [4.78, 5) is 28.2. The van der Waals surface area contributed by atoms with Crippen molar-refractivity contribution in [2.24, 2.45) is 0 Å². The Kier molecular flexibility index (Phi) is 4.65. The lowest BCUT2D eigenvalue weighted by Gasteiger charge is -2.28. The van der Waals surface area contributed by atoms with E-state index in [1.165, 1.54) is 0 Å². The first-order valence-electron chi connectivity index (χ1n) is 9.62. The van der Waals surface area contributed by atoms with Crippen molar-refractivity contribution in [3.8, 4) is 0 Å². The van der Waals surface area contributed by atoms with Gasteiger partial charge in [-0.1, -0.05) is 29.8 Å². The first-order valence-corrected chi connectivity index (χ1v) is 9.99. The topological polar surface area (TPSA) is 95.1 Å². The fraction of sp³-hybridized carbons (Fsp3) is 0.300. The van der Waals surface area contributed by atoms with Crippen LogP contribution in [0.5, 0.6) is 0 Å². The van der Waals surface area contributed by atoms with Gasteiger partial charge in [-0.15, -0.1) is 0 Å². The Labute approximate surface area is 172 Å². The van der Waals surface area contributed by atoms with E-state index >= 15 is 0 Å². The van der Waals surface area contributed by atoms with Crippen LogP contribution in [0.1, 0.15) is 11.5 Å². The number of carbonyl (C=O) groups is 1. The SMILES string of the molecule is O=C1Nc2ccccc2C1CNc1nc(N2CCNCC2)nc2cnc(Cl)cc12. The average Bonchev–Trinajstić information content (AvgIpc) is 3.07. The van der Waals surface area contributed by atoms with Gasteiger partial charge in [-0.25, -0.2) is 9.97 Å². The maximum Gasteiger partial charge on any atom is 0.233 e. The third-order valence-electron chi connectivity index (χ3n) is 5.32. The van der Waals surface area contributed by atoms with E-state index in [1.54, 1.807) is 12.3 Å². The third-order valence-corrected chi connectivity index (χ3v) is 5.53. The molecule has 29 heavy (non-hydrogen) atoms. The van der Waals surface area contributed by atoms with Gasteiger partial charge < -0.3 is 20.9 Å². The summed E-state index contributed by atoms with van der Waals surface area (Å²) in [6.45, 7) is 3.88. The minimum atomic E-state index is -0.281. The van der Waals surface area contributed by atoms with E-state index in [0.29, 0.717) is 23.5 Å². The molecule has 0 radical (unpaired) electrons. The van der Waals surface area contributed by atoms with Gasteiger partial charge >= 0.3 is 0 Å². The standard InChI is InChI=1S/C20H20ClN7O/c21-17-9-13-16(11-23-17)26-20(28-7-5-22-6-8-28)27-18(13)24-10-14-12-3-1-2-4-15(12)25-19(14)29/h1-4,9,11,14,22H,5-8,10H2,(H,25,29)(H,24,26,27). The molecule has 5 rings (SSSR count). The molecule has 1 saturated heterocycles. The number of piperazine rings is 1. The van der Waals surface area contributed by atoms with E-state index in [2.05, 4.69) is 30.8 Å². The molecule has 148 valence electrons. The molecule has 0 bridgehead atoms. The number of nitrogens with zero attached hydrogens (tertiary/aromatic N) is 4. The van der Waals surface area contributed by atoms with Gasteiger partial charge in [0.15, 0.2) is 0 Å². The molecule has 2 aliphatic heterocycles. The number of fused-ring (bicyclic) bond motifs is 2. The van der Waals surface area contributed by atoms with Gasteiger partial charge in [0, 0.05) is 43.8 Å². The van der Waals surface area contributed by atoms with Crippen molar-refractivity contribution in [1.29, 1.82) is 0 Å². The molecule has 0 aliphatic carbocycles. The number of hydrogen-bond acceptors (Lipinski definition) is 7. The maximum absolute atomic E-state index is 12.5. The molecule has 8 nitrogen and oxygen atoms in total. The summed E-state index contributed by atoms with van der Waals surface area (Å²) in [5, 5.41) is 10.8. The Hall–Kier alpha value is -2.97. The molecule has 1 unspecified atom stereocenters. The highest BCUT2D eigenvalue weighted by Gasteiger charge is 2.30. The van der Waals surface area contributed by atoms with E-state index in [-0.39, 0.29) is 11.8 Å². The van der Waals surface area contributed by atoms with Crippen LogP contribution in [0, 0.1) is 0 Å². The van der Waals surface area contributed by atoms with Crippen LogP contribution in [0.25, 0.3) is 10.9 Å². The number of nitrogens with one attached hydrogen (secondary N) is 3. The van der Waals surface area contributed by atoms with Crippen molar-refractivity contribution in [2.75, 3.05) is 48.3 Å². The number of halogens is 1. The van der Waals surface area contributed by atoms with Crippen LogP contribution >= 0.6 is 11.6 Å². The highest BCUT2D eigenvalue weighted by Crippen LogP contribution is 2.33. The summed E-state index contributed by atoms with van der Waals surface area (Å²) < 4.78 is 0. The highest BCUT2D eigenvalue weighted by atomic mass is 35.5. The molecule has 3 N–H and O–H groups in total. The number of pyridine rings is 1. The molecule has 1 aromatic carbocycles. The van der Waals surface area contributed by atoms with E-state index < -0.39 is 0 Å². The summed E-state index contributed by atoms with van der Waals surface area (Å²) in [6, 6.07) is 9.51. The lowest BCUT2D eigenvalue weighted by Crippen LogP contribution is -2.44. The largest absolute Gasteiger partial charge is 0.368 e. The van der Waals surface area contributed by atoms with Gasteiger partial charge in [0.25, 0.3) is 0 Å². The van der Waals surface area contributed by atoms with Crippen molar-refractivity contribution in [1.82, 2.24) is 20.3 Å². The summed E-state index contributed by atoms with van der Waals surface area (Å²) in [5.74, 6) is 1.02. The minimum absolute atomic E-state index is 0.0147. The Bertz CT molecular complexity index is 1080. The van der Waals surface area contributed by atoms with Crippen molar-refractivity contribution in [3.05, 3.63) is 47.2 Å². The summed E-state index contributed by atoms with van der Waals surface area (Å²) in [6.07, 6.45) is 1.66. The molecule has 0 saturated carbocycles. The molecule has 4 heterocycles. The van der Waals surface area contributed by atoms with Crippen LogP contribution in [0.2, 0.25) is 5.15 Å². The van der Waals surface area contributed by atoms with Gasteiger partial charge in [-0.3, -0.25) is 4.79 Å². The minimum Gasteiger partial charge on any atom is -0.368 e. The Morgan fingerprint density at radius 2 is 2.03 bits per heavy atom. The second kappa shape index (κ2) is 7.46. The Morgan fingerprint density at radius 1 is 1.21 bits per heavy atom. The van der Waals surface area contributed by atoms with Crippen LogP contribution in [-0.4, -0.2) is 53.6 Å². The van der Waals surface area contributed by atoms with Gasteiger partial charge in [0.2, 0.25) is 11.9 Å². The van der Waals surface area contributed by atoms with E-state index in [4.69, 9.17) is 16.6 Å². The molecule has 2 aromatic heterocycles. The van der Waals surface area contributed by atoms with Crippen LogP contribution in [-0.2, 0) is 4.79 Å². The second-order valence-electron chi connectivity index (χ2n) is 7.14. The zero-order valence-electron chi connectivity index (χ0n) is 15.7. The van der Waals surface area contributed by atoms with Crippen molar-refractivity contribution in [2.45, 2.75) is 5.92 Å². The molecular weight excluding hydrogens is 390 g/mol. The lowest BCUT2D eigenvalue weighted by molar-refractivity contribution is -0.116. The van der Waals surface area contributed by atoms with Crippen molar-refractivity contribution >= 4 is 45.9 Å². The molecule has 3 aromatic rings. The predicted octanol–water partition coefficient (Wildman–Crippen LogP) is 2.24. The predicted molar refractivity (Wildman–Crippen MR) is 114 cm³/mol. The van der Waals surface area contributed by atoms with Gasteiger partial charge in [0.1, 0.15) is 11.0 Å². The van der Waals surface area contributed by atoms with Crippen LogP contribution in [0.4, 0.5) is 17.5 Å². The number of anilines is 3. The molecule has 9 heteroatoms. The molecule has 1 atom stereocenters. The fourth-order valence-corrected chi connectivity index (χ4v) is 3.97. The first kappa shape index (κ1) is 18.1. The first-order chi connectivity index (χ1) is 14.2. The van der Waals surface area contributed by atoms with Gasteiger partial charge in [0.05, 0.1) is 17.6 Å². The number of para-hydroxylation sites is 1. The van der Waals surface area contributed by atoms with Gasteiger partial charge in [-0.2, -0.15) is 4.98 Å². The smallest absolute Gasteiger partial charge is 0.233 e. The molecule has 2 aliphatic rings. The summed E-state index contributed by atoms with van der Waals surface area (Å²) >= 11 is 6.12. The maximum atomic E-state index is 12.5. The molecule has 1 amide bonds. The van der Waals surface area contributed by atoms with Gasteiger partial charge in [-0.05, 0) is 17.7 Å². The number of benzene rings is 1. The quantitative estimate of drug-likeness (QED) is 0.569. The zero-order valence-corrected chi connectivity index (χ0v) is 16.4. The highest BCUT2D eigenvalue weighted by molar-refractivity contribution is 6.30. The monoisotopic (exact) mass is 409 g/mol. The number of hydrogen-bond donors (Lipinski definition) is 3. The van der Waals surface area contributed by atoms with Crippen molar-refractivity contribution in [3.63, 3.8) is 0 Å². The van der Waals surface area contributed by atoms with Crippen LogP contribution in [0.3, 0.4) is 0 Å². The third kappa shape index (κ3) is 3.45. The molecular formula is C20H20ClN7O. The zero-order chi connectivity index (χ0) is 19.8. The second-order valence-corrected chi connectivity index (χ2v) is 7.53. The molecule has 0 spiro atoms. The lowest BCUT2D eigenvalue weighted by atomic mass is 10.0. The van der Waals surface area contributed by atoms with E-state index in [0.717, 1.165) is 48.3 Å². The number of aromatic nitrogens is 3. The van der Waals surface area contributed by atoms with E-state index in [1.807, 2.05) is 24.3 Å². The van der Waals surface area contributed by atoms with E-state index in [9.17, 15) is 4.79 Å². The number of carbonyl (C=O) groups excluding carboxylic acids is 1. The average molecular weight is 410 g/mol. The number of rotatable bonds is 4. The normalized spacial score (nSPS) is 18.6. The van der Waals surface area contributed by atoms with Crippen molar-refractivity contribution < 1.29 is 4.79 Å². The summed E-state index contributed by atoms with van der Waals surface area (Å²) in [5.41, 5.74) is 2.58. The van der Waals surface area contributed by atoms with Crippen LogP contribution in [0.15, 0.2) is 36.5 Å². The number of amides is 1. The Balaban J connectivity index is 1.48. The fourth-order valence-electron chi connectivity index (χ4n) is 3.81. The Morgan fingerprint density at radius 3 is 2.90 bits per heavy atom. The molecule has 1 fully saturated rings.